The summed E-state index contributed by atoms with van der Waals surface area (Å²) in [6.07, 6.45) is 0.803. The Labute approximate surface area is 170 Å². The summed E-state index contributed by atoms with van der Waals surface area (Å²) in [5.74, 6) is -0.624. The molecule has 150 valence electrons. The van der Waals surface area contributed by atoms with E-state index >= 15 is 0 Å². The fraction of sp³-hybridized carbons (Fsp3) is 0.263. The number of ether oxygens (including phenoxy) is 1. The zero-order valence-electron chi connectivity index (χ0n) is 15.4. The average molecular weight is 413 g/mol. The van der Waals surface area contributed by atoms with Gasteiger partial charge < -0.3 is 21.1 Å². The molecule has 2 aromatic rings. The molecule has 1 atom stereocenters. The van der Waals surface area contributed by atoms with Crippen LogP contribution in [0.4, 0.5) is 14.6 Å². The van der Waals surface area contributed by atoms with Gasteiger partial charge >= 0.3 is 18.0 Å². The van der Waals surface area contributed by atoms with Crippen LogP contribution in [-0.2, 0) is 4.74 Å². The molecule has 1 aromatic carbocycles. The van der Waals surface area contributed by atoms with E-state index < -0.39 is 24.1 Å². The van der Waals surface area contributed by atoms with E-state index in [1.807, 2.05) is 6.07 Å². The van der Waals surface area contributed by atoms with Crippen LogP contribution < -0.4 is 16.8 Å². The molecule has 1 saturated heterocycles. The summed E-state index contributed by atoms with van der Waals surface area (Å²) in [5.41, 5.74) is 12.0. The molecular formula is C19H19N5O4S. The smallest absolute Gasteiger partial charge is 0.341 e. The van der Waals surface area contributed by atoms with Crippen molar-refractivity contribution in [3.05, 3.63) is 41.5 Å². The first kappa shape index (κ1) is 20.2. The van der Waals surface area contributed by atoms with Gasteiger partial charge in [-0.3, -0.25) is 5.32 Å². The predicted octanol–water partition coefficient (Wildman–Crippen LogP) is 2.48. The van der Waals surface area contributed by atoms with E-state index in [1.54, 1.807) is 30.3 Å². The van der Waals surface area contributed by atoms with Gasteiger partial charge in [0.2, 0.25) is 0 Å². The van der Waals surface area contributed by atoms with Crippen molar-refractivity contribution in [1.29, 1.82) is 5.26 Å². The van der Waals surface area contributed by atoms with E-state index in [4.69, 9.17) is 21.5 Å². The summed E-state index contributed by atoms with van der Waals surface area (Å²) in [6, 6.07) is 9.11. The van der Waals surface area contributed by atoms with E-state index in [2.05, 4.69) is 5.32 Å². The largest absolute Gasteiger partial charge is 0.457 e. The number of urea groups is 2. The number of hydrogen-bond acceptors (Lipinski definition) is 6. The van der Waals surface area contributed by atoms with Crippen LogP contribution >= 0.6 is 11.3 Å². The van der Waals surface area contributed by atoms with E-state index in [0.29, 0.717) is 29.8 Å². The van der Waals surface area contributed by atoms with Gasteiger partial charge in [-0.15, -0.1) is 11.3 Å². The number of thiophene rings is 1. The monoisotopic (exact) mass is 413 g/mol. The van der Waals surface area contributed by atoms with Crippen LogP contribution in [0.5, 0.6) is 0 Å². The number of likely N-dealkylation sites (tertiary alicyclic amines) is 1. The summed E-state index contributed by atoms with van der Waals surface area (Å²) in [5, 5.41) is 11.6. The van der Waals surface area contributed by atoms with Crippen molar-refractivity contribution in [2.45, 2.75) is 18.9 Å². The molecule has 4 amide bonds. The summed E-state index contributed by atoms with van der Waals surface area (Å²) in [7, 11) is 0. The number of nitriles is 1. The number of carbonyl (C=O) groups is 3. The molecule has 3 rings (SSSR count). The molecule has 1 aromatic heterocycles. The van der Waals surface area contributed by atoms with Gasteiger partial charge in [0.25, 0.3) is 0 Å². The van der Waals surface area contributed by atoms with Crippen molar-refractivity contribution in [3.63, 3.8) is 0 Å². The van der Waals surface area contributed by atoms with Crippen LogP contribution in [0.2, 0.25) is 0 Å². The number of primary amides is 2. The lowest BCUT2D eigenvalue weighted by molar-refractivity contribution is 0.0129. The van der Waals surface area contributed by atoms with E-state index in [-0.39, 0.29) is 17.1 Å². The lowest BCUT2D eigenvalue weighted by atomic mass is 10.1. The van der Waals surface area contributed by atoms with E-state index in [1.165, 1.54) is 16.2 Å². The third-order valence-electron chi connectivity index (χ3n) is 4.45. The zero-order valence-corrected chi connectivity index (χ0v) is 16.2. The number of piperidine rings is 1. The maximum Gasteiger partial charge on any atom is 0.341 e. The van der Waals surface area contributed by atoms with Gasteiger partial charge in [-0.05, 0) is 36.6 Å². The number of esters is 1. The van der Waals surface area contributed by atoms with Gasteiger partial charge in [0.1, 0.15) is 11.1 Å². The molecule has 1 unspecified atom stereocenters. The molecule has 2 heterocycles. The fourth-order valence-electron chi connectivity index (χ4n) is 3.05. The second kappa shape index (κ2) is 8.62. The van der Waals surface area contributed by atoms with Crippen LogP contribution in [0.15, 0.2) is 30.3 Å². The number of rotatable bonds is 4. The minimum atomic E-state index is -0.801. The standard InChI is InChI=1S/C19H19N5O4S/c20-9-11-3-5-12(6-4-11)15-8-14(16(29-15)23-18(21)26)17(25)28-13-2-1-7-24(10-13)19(22)27/h3-6,8,13H,1-2,7,10H2,(H2,22,27)(H3,21,23,26). The van der Waals surface area contributed by atoms with Gasteiger partial charge in [0.15, 0.2) is 0 Å². The first-order valence-corrected chi connectivity index (χ1v) is 9.65. The van der Waals surface area contributed by atoms with Crippen molar-refractivity contribution in [3.8, 4) is 16.5 Å². The molecule has 0 saturated carbocycles. The quantitative estimate of drug-likeness (QED) is 0.658. The summed E-state index contributed by atoms with van der Waals surface area (Å²) in [4.78, 5) is 37.6. The molecule has 1 aliphatic heterocycles. The van der Waals surface area contributed by atoms with Crippen LogP contribution in [0.3, 0.4) is 0 Å². The fourth-order valence-corrected chi connectivity index (χ4v) is 4.10. The lowest BCUT2D eigenvalue weighted by Crippen LogP contribution is -2.46. The van der Waals surface area contributed by atoms with Gasteiger partial charge in [0, 0.05) is 11.4 Å². The van der Waals surface area contributed by atoms with Gasteiger partial charge in [-0.1, -0.05) is 12.1 Å². The molecule has 5 N–H and O–H groups in total. The Balaban J connectivity index is 1.83. The highest BCUT2D eigenvalue weighted by atomic mass is 32.1. The summed E-state index contributed by atoms with van der Waals surface area (Å²) < 4.78 is 5.55. The van der Waals surface area contributed by atoms with Crippen molar-refractivity contribution < 1.29 is 19.1 Å². The molecule has 0 bridgehead atoms. The number of hydrogen-bond donors (Lipinski definition) is 3. The van der Waals surface area contributed by atoms with Crippen LogP contribution in [0.25, 0.3) is 10.4 Å². The summed E-state index contributed by atoms with van der Waals surface area (Å²) in [6.45, 7) is 0.755. The van der Waals surface area contributed by atoms with Crippen LogP contribution in [0.1, 0.15) is 28.8 Å². The van der Waals surface area contributed by atoms with Gasteiger partial charge in [0.05, 0.1) is 23.7 Å². The second-order valence-corrected chi connectivity index (χ2v) is 7.54. The average Bonchev–Trinajstić information content (AvgIpc) is 3.11. The number of anilines is 1. The maximum atomic E-state index is 12.8. The summed E-state index contributed by atoms with van der Waals surface area (Å²) >= 11 is 1.17. The van der Waals surface area contributed by atoms with Crippen molar-refractivity contribution in [1.82, 2.24) is 4.90 Å². The highest BCUT2D eigenvalue weighted by molar-refractivity contribution is 7.20. The zero-order chi connectivity index (χ0) is 21.0. The number of nitrogens with zero attached hydrogens (tertiary/aromatic N) is 2. The predicted molar refractivity (Wildman–Crippen MR) is 107 cm³/mol. The number of nitrogens with one attached hydrogen (secondary N) is 1. The Morgan fingerprint density at radius 2 is 1.97 bits per heavy atom. The van der Waals surface area contributed by atoms with Gasteiger partial charge in [-0.2, -0.15) is 5.26 Å². The maximum absolute atomic E-state index is 12.8. The molecule has 9 nitrogen and oxygen atoms in total. The van der Waals surface area contributed by atoms with Crippen molar-refractivity contribution in [2.24, 2.45) is 11.5 Å². The SMILES string of the molecule is N#Cc1ccc(-c2cc(C(=O)OC3CCCN(C(N)=O)C3)c(NC(N)=O)s2)cc1. The number of benzene rings is 1. The minimum Gasteiger partial charge on any atom is -0.457 e. The molecule has 0 spiro atoms. The van der Waals surface area contributed by atoms with E-state index in [9.17, 15) is 14.4 Å². The molecular weight excluding hydrogens is 394 g/mol. The Bertz CT molecular complexity index is 979. The molecule has 10 heteroatoms. The Kier molecular flexibility index (Phi) is 5.99. The third-order valence-corrected chi connectivity index (χ3v) is 5.55. The normalized spacial score (nSPS) is 16.0. The molecule has 1 aliphatic rings. The van der Waals surface area contributed by atoms with E-state index in [0.717, 1.165) is 5.56 Å². The lowest BCUT2D eigenvalue weighted by Gasteiger charge is -2.31. The van der Waals surface area contributed by atoms with Crippen LogP contribution in [0, 0.1) is 11.3 Å². The van der Waals surface area contributed by atoms with Crippen molar-refractivity contribution in [2.75, 3.05) is 18.4 Å². The molecule has 1 fully saturated rings. The number of nitrogens with two attached hydrogens (primary N) is 2. The number of carbonyl (C=O) groups excluding carboxylic acids is 3. The minimum absolute atomic E-state index is 0.171. The third kappa shape index (κ3) is 4.83. The number of amides is 4. The van der Waals surface area contributed by atoms with Crippen LogP contribution in [-0.4, -0.2) is 42.1 Å². The molecule has 29 heavy (non-hydrogen) atoms. The van der Waals surface area contributed by atoms with Gasteiger partial charge in [-0.25, -0.2) is 14.4 Å². The highest BCUT2D eigenvalue weighted by Gasteiger charge is 2.27. The highest BCUT2D eigenvalue weighted by Crippen LogP contribution is 2.36. The Morgan fingerprint density at radius 3 is 2.59 bits per heavy atom. The molecule has 0 aliphatic carbocycles. The molecule has 0 radical (unpaired) electrons. The topological polar surface area (TPSA) is 152 Å². The van der Waals surface area contributed by atoms with Crippen molar-refractivity contribution >= 4 is 34.4 Å². The first-order valence-electron chi connectivity index (χ1n) is 8.83. The second-order valence-electron chi connectivity index (χ2n) is 6.49. The Morgan fingerprint density at radius 1 is 1.24 bits per heavy atom. The Hall–Kier alpha value is -3.58. The first-order chi connectivity index (χ1) is 13.9.